The van der Waals surface area contributed by atoms with E-state index in [1.54, 1.807) is 18.5 Å². The van der Waals surface area contributed by atoms with Crippen LogP contribution < -0.4 is 5.73 Å². The van der Waals surface area contributed by atoms with Crippen molar-refractivity contribution >= 4 is 16.9 Å². The molecule has 0 aliphatic rings. The Kier molecular flexibility index (Phi) is 2.83. The smallest absolute Gasteiger partial charge is 0.170 e. The van der Waals surface area contributed by atoms with Gasteiger partial charge in [0, 0.05) is 11.3 Å². The minimum absolute atomic E-state index is 0.0566. The molecule has 100 valence electrons. The first-order valence-corrected chi connectivity index (χ1v) is 6.08. The number of pyridine rings is 1. The van der Waals surface area contributed by atoms with Crippen molar-refractivity contribution in [2.45, 2.75) is 6.92 Å². The standard InChI is InChI=1S/C14H13N5O/c1-9-6-10(14(15)18-20)7-13(17-9)19-8-16-11-4-2-3-5-12(11)19/h2-8,20H,1H3,(H2,15,18). The molecule has 0 amide bonds. The number of benzene rings is 1. The number of amidine groups is 1. The van der Waals surface area contributed by atoms with E-state index < -0.39 is 0 Å². The molecule has 0 radical (unpaired) electrons. The summed E-state index contributed by atoms with van der Waals surface area (Å²) in [5, 5.41) is 11.8. The molecule has 0 spiro atoms. The lowest BCUT2D eigenvalue weighted by molar-refractivity contribution is 0.318. The first-order chi connectivity index (χ1) is 9.69. The first-order valence-electron chi connectivity index (χ1n) is 6.08. The normalized spacial score (nSPS) is 11.9. The van der Waals surface area contributed by atoms with Crippen molar-refractivity contribution in [3.05, 3.63) is 54.0 Å². The molecule has 0 aliphatic heterocycles. The molecule has 0 fully saturated rings. The van der Waals surface area contributed by atoms with Crippen LogP contribution in [0.2, 0.25) is 0 Å². The predicted molar refractivity (Wildman–Crippen MR) is 76.1 cm³/mol. The van der Waals surface area contributed by atoms with E-state index in [2.05, 4.69) is 15.1 Å². The van der Waals surface area contributed by atoms with Crippen molar-refractivity contribution in [3.63, 3.8) is 0 Å². The lowest BCUT2D eigenvalue weighted by atomic mass is 10.2. The summed E-state index contributed by atoms with van der Waals surface area (Å²) in [6.07, 6.45) is 1.71. The minimum atomic E-state index is 0.0566. The molecule has 3 aromatic rings. The lowest BCUT2D eigenvalue weighted by Gasteiger charge is -2.07. The maximum atomic E-state index is 8.80. The molecule has 20 heavy (non-hydrogen) atoms. The van der Waals surface area contributed by atoms with E-state index in [1.807, 2.05) is 35.8 Å². The van der Waals surface area contributed by atoms with Gasteiger partial charge in [-0.05, 0) is 31.2 Å². The summed E-state index contributed by atoms with van der Waals surface area (Å²) in [6, 6.07) is 11.3. The topological polar surface area (TPSA) is 89.3 Å². The van der Waals surface area contributed by atoms with Gasteiger partial charge in [0.05, 0.1) is 11.0 Å². The maximum absolute atomic E-state index is 8.80. The van der Waals surface area contributed by atoms with Gasteiger partial charge in [-0.1, -0.05) is 17.3 Å². The Morgan fingerprint density at radius 3 is 2.90 bits per heavy atom. The highest BCUT2D eigenvalue weighted by atomic mass is 16.4. The quantitative estimate of drug-likeness (QED) is 0.321. The van der Waals surface area contributed by atoms with Crippen molar-refractivity contribution in [3.8, 4) is 5.82 Å². The van der Waals surface area contributed by atoms with Gasteiger partial charge in [-0.15, -0.1) is 0 Å². The summed E-state index contributed by atoms with van der Waals surface area (Å²) in [7, 11) is 0. The highest BCUT2D eigenvalue weighted by molar-refractivity contribution is 5.97. The van der Waals surface area contributed by atoms with Crippen LogP contribution in [0.1, 0.15) is 11.3 Å². The molecule has 2 heterocycles. The van der Waals surface area contributed by atoms with Gasteiger partial charge < -0.3 is 10.9 Å². The molecule has 0 unspecified atom stereocenters. The number of nitrogens with zero attached hydrogens (tertiary/aromatic N) is 4. The number of hydrogen-bond acceptors (Lipinski definition) is 4. The van der Waals surface area contributed by atoms with E-state index in [-0.39, 0.29) is 5.84 Å². The van der Waals surface area contributed by atoms with Gasteiger partial charge >= 0.3 is 0 Å². The lowest BCUT2D eigenvalue weighted by Crippen LogP contribution is -2.14. The van der Waals surface area contributed by atoms with Crippen LogP contribution in [0.15, 0.2) is 47.9 Å². The Morgan fingerprint density at radius 2 is 2.10 bits per heavy atom. The Hall–Kier alpha value is -2.89. The Bertz CT molecular complexity index is 806. The number of oxime groups is 1. The number of imidazole rings is 1. The summed E-state index contributed by atoms with van der Waals surface area (Å²) in [5.74, 6) is 0.737. The molecule has 3 N–H and O–H groups in total. The fourth-order valence-electron chi connectivity index (χ4n) is 2.12. The molecule has 6 nitrogen and oxygen atoms in total. The molecular formula is C14H13N5O. The molecule has 3 rings (SSSR count). The molecule has 0 saturated heterocycles. The van der Waals surface area contributed by atoms with E-state index in [9.17, 15) is 0 Å². The molecule has 0 saturated carbocycles. The van der Waals surface area contributed by atoms with Crippen molar-refractivity contribution in [1.82, 2.24) is 14.5 Å². The average molecular weight is 267 g/mol. The summed E-state index contributed by atoms with van der Waals surface area (Å²) in [5.41, 5.74) is 8.89. The fraction of sp³-hybridized carbons (Fsp3) is 0.0714. The number of nitrogens with two attached hydrogens (primary N) is 1. The minimum Gasteiger partial charge on any atom is -0.409 e. The van der Waals surface area contributed by atoms with Gasteiger partial charge in [0.15, 0.2) is 5.84 Å². The van der Waals surface area contributed by atoms with Crippen LogP contribution >= 0.6 is 0 Å². The van der Waals surface area contributed by atoms with Crippen LogP contribution in [0, 0.1) is 6.92 Å². The van der Waals surface area contributed by atoms with Gasteiger partial charge in [0.25, 0.3) is 0 Å². The van der Waals surface area contributed by atoms with Crippen LogP contribution in [0.3, 0.4) is 0 Å². The Balaban J connectivity index is 2.22. The van der Waals surface area contributed by atoms with Gasteiger partial charge in [-0.3, -0.25) is 4.57 Å². The number of aryl methyl sites for hydroxylation is 1. The first kappa shape index (κ1) is 12.2. The van der Waals surface area contributed by atoms with Crippen molar-refractivity contribution in [2.75, 3.05) is 0 Å². The number of rotatable bonds is 2. The molecule has 1 aromatic carbocycles. The fourth-order valence-corrected chi connectivity index (χ4v) is 2.12. The zero-order valence-electron chi connectivity index (χ0n) is 10.9. The van der Waals surface area contributed by atoms with Gasteiger partial charge in [-0.25, -0.2) is 9.97 Å². The molecule has 0 aliphatic carbocycles. The van der Waals surface area contributed by atoms with E-state index in [0.29, 0.717) is 11.4 Å². The largest absolute Gasteiger partial charge is 0.409 e. The second kappa shape index (κ2) is 4.65. The maximum Gasteiger partial charge on any atom is 0.170 e. The zero-order valence-corrected chi connectivity index (χ0v) is 10.9. The molecular weight excluding hydrogens is 254 g/mol. The van der Waals surface area contributed by atoms with E-state index >= 15 is 0 Å². The summed E-state index contributed by atoms with van der Waals surface area (Å²) >= 11 is 0. The monoisotopic (exact) mass is 267 g/mol. The molecule has 0 bridgehead atoms. The highest BCUT2D eigenvalue weighted by Crippen LogP contribution is 2.18. The second-order valence-electron chi connectivity index (χ2n) is 4.44. The van der Waals surface area contributed by atoms with Gasteiger partial charge in [0.1, 0.15) is 12.1 Å². The Labute approximate surface area is 115 Å². The summed E-state index contributed by atoms with van der Waals surface area (Å²) in [4.78, 5) is 8.81. The zero-order chi connectivity index (χ0) is 14.1. The van der Waals surface area contributed by atoms with Crippen LogP contribution in [0.4, 0.5) is 0 Å². The summed E-state index contributed by atoms with van der Waals surface area (Å²) in [6.45, 7) is 1.86. The molecule has 2 aromatic heterocycles. The van der Waals surface area contributed by atoms with Crippen molar-refractivity contribution in [2.24, 2.45) is 10.9 Å². The number of hydrogen-bond donors (Lipinski definition) is 2. The van der Waals surface area contributed by atoms with E-state index in [1.165, 1.54) is 0 Å². The predicted octanol–water partition coefficient (Wildman–Crippen LogP) is 1.82. The van der Waals surface area contributed by atoms with E-state index in [0.717, 1.165) is 16.7 Å². The highest BCUT2D eigenvalue weighted by Gasteiger charge is 2.09. The van der Waals surface area contributed by atoms with Gasteiger partial charge in [-0.2, -0.15) is 0 Å². The SMILES string of the molecule is Cc1cc(/C(N)=N/O)cc(-n2cnc3ccccc32)n1. The number of aromatic nitrogens is 3. The third-order valence-electron chi connectivity index (χ3n) is 3.04. The van der Waals surface area contributed by atoms with Crippen LogP contribution in [-0.2, 0) is 0 Å². The third-order valence-corrected chi connectivity index (χ3v) is 3.04. The average Bonchev–Trinajstić information content (AvgIpc) is 2.89. The van der Waals surface area contributed by atoms with Gasteiger partial charge in [0.2, 0.25) is 0 Å². The van der Waals surface area contributed by atoms with E-state index in [4.69, 9.17) is 10.9 Å². The van der Waals surface area contributed by atoms with Crippen LogP contribution in [0.5, 0.6) is 0 Å². The van der Waals surface area contributed by atoms with Crippen LogP contribution in [0.25, 0.3) is 16.9 Å². The third kappa shape index (κ3) is 1.97. The van der Waals surface area contributed by atoms with Crippen molar-refractivity contribution < 1.29 is 5.21 Å². The number of para-hydroxylation sites is 2. The van der Waals surface area contributed by atoms with Crippen LogP contribution in [-0.4, -0.2) is 25.6 Å². The Morgan fingerprint density at radius 1 is 1.30 bits per heavy atom. The van der Waals surface area contributed by atoms with Crippen molar-refractivity contribution in [1.29, 1.82) is 0 Å². The summed E-state index contributed by atoms with van der Waals surface area (Å²) < 4.78 is 1.87. The second-order valence-corrected chi connectivity index (χ2v) is 4.44. The number of fused-ring (bicyclic) bond motifs is 1. The molecule has 6 heteroatoms. The molecule has 0 atom stereocenters.